The van der Waals surface area contributed by atoms with E-state index in [1.54, 1.807) is 37.4 Å². The standard InChI is InChI=1S/C17H16ClN3O3S/c1-11-7-8-12(18)9-14(11)19-16(22)10-21(2)17-13-5-3-4-6-15(13)25(23,24)20-17/h3-9H,10H2,1-2H3,(H,19,22). The van der Waals surface area contributed by atoms with Gasteiger partial charge in [-0.2, -0.15) is 8.42 Å². The van der Waals surface area contributed by atoms with Gasteiger partial charge in [-0.3, -0.25) is 4.79 Å². The summed E-state index contributed by atoms with van der Waals surface area (Å²) in [6.45, 7) is 1.81. The van der Waals surface area contributed by atoms with Gasteiger partial charge >= 0.3 is 0 Å². The van der Waals surface area contributed by atoms with Gasteiger partial charge in [-0.25, -0.2) is 0 Å². The third kappa shape index (κ3) is 3.52. The molecule has 0 radical (unpaired) electrons. The normalized spacial score (nSPS) is 14.6. The number of amidine groups is 1. The number of sulfonamides is 1. The monoisotopic (exact) mass is 377 g/mol. The maximum absolute atomic E-state index is 12.3. The van der Waals surface area contributed by atoms with Crippen molar-refractivity contribution in [3.63, 3.8) is 0 Å². The molecule has 1 aliphatic heterocycles. The fourth-order valence-electron chi connectivity index (χ4n) is 2.57. The fraction of sp³-hybridized carbons (Fsp3) is 0.176. The zero-order valence-corrected chi connectivity index (χ0v) is 15.2. The molecule has 0 aliphatic carbocycles. The Morgan fingerprint density at radius 3 is 2.72 bits per heavy atom. The third-order valence-corrected chi connectivity index (χ3v) is 5.39. The van der Waals surface area contributed by atoms with E-state index < -0.39 is 10.0 Å². The molecule has 0 spiro atoms. The number of fused-ring (bicyclic) bond motifs is 1. The van der Waals surface area contributed by atoms with E-state index in [1.165, 1.54) is 11.0 Å². The second-order valence-electron chi connectivity index (χ2n) is 5.75. The van der Waals surface area contributed by atoms with Crippen LogP contribution in [0.25, 0.3) is 0 Å². The molecule has 1 heterocycles. The van der Waals surface area contributed by atoms with Gasteiger partial charge in [-0.05, 0) is 36.8 Å². The molecule has 2 aromatic rings. The molecule has 0 atom stereocenters. The number of anilines is 1. The number of halogens is 1. The first-order chi connectivity index (χ1) is 11.8. The number of hydrogen-bond donors (Lipinski definition) is 1. The number of carbonyl (C=O) groups excluding carboxylic acids is 1. The molecule has 1 amide bonds. The second kappa shape index (κ2) is 6.50. The summed E-state index contributed by atoms with van der Waals surface area (Å²) in [5, 5.41) is 3.30. The molecule has 1 aliphatic rings. The molecule has 130 valence electrons. The lowest BCUT2D eigenvalue weighted by Gasteiger charge is -2.19. The van der Waals surface area contributed by atoms with Crippen molar-refractivity contribution in [2.75, 3.05) is 18.9 Å². The van der Waals surface area contributed by atoms with Gasteiger partial charge in [0.15, 0.2) is 5.84 Å². The molecule has 0 saturated carbocycles. The van der Waals surface area contributed by atoms with E-state index >= 15 is 0 Å². The van der Waals surface area contributed by atoms with Gasteiger partial charge < -0.3 is 10.2 Å². The number of nitrogens with zero attached hydrogens (tertiary/aromatic N) is 2. The number of rotatable bonds is 3. The minimum Gasteiger partial charge on any atom is -0.349 e. The lowest BCUT2D eigenvalue weighted by atomic mass is 10.2. The van der Waals surface area contributed by atoms with Crippen LogP contribution in [0, 0.1) is 6.92 Å². The SMILES string of the molecule is Cc1ccc(Cl)cc1NC(=O)CN(C)C1=NS(=O)(=O)c2ccccc21. The summed E-state index contributed by atoms with van der Waals surface area (Å²) in [6, 6.07) is 11.8. The summed E-state index contributed by atoms with van der Waals surface area (Å²) in [5.74, 6) is -0.0362. The Labute approximate surface area is 151 Å². The number of likely N-dealkylation sites (N-methyl/N-ethyl adjacent to an activating group) is 1. The van der Waals surface area contributed by atoms with Gasteiger partial charge in [0.25, 0.3) is 10.0 Å². The molecular formula is C17H16ClN3O3S. The molecule has 8 heteroatoms. The average molecular weight is 378 g/mol. The molecule has 6 nitrogen and oxygen atoms in total. The summed E-state index contributed by atoms with van der Waals surface area (Å²) in [4.78, 5) is 14.0. The van der Waals surface area contributed by atoms with E-state index in [-0.39, 0.29) is 23.2 Å². The van der Waals surface area contributed by atoms with Gasteiger partial charge in [-0.1, -0.05) is 29.8 Å². The van der Waals surface area contributed by atoms with Gasteiger partial charge in [0.2, 0.25) is 5.91 Å². The first kappa shape index (κ1) is 17.4. The van der Waals surface area contributed by atoms with Gasteiger partial charge in [-0.15, -0.1) is 4.40 Å². The molecule has 0 saturated heterocycles. The molecule has 25 heavy (non-hydrogen) atoms. The second-order valence-corrected chi connectivity index (χ2v) is 7.76. The molecule has 3 rings (SSSR count). The van der Waals surface area contributed by atoms with E-state index in [0.29, 0.717) is 16.3 Å². The number of benzene rings is 2. The summed E-state index contributed by atoms with van der Waals surface area (Å²) in [5.41, 5.74) is 2.00. The van der Waals surface area contributed by atoms with Crippen LogP contribution in [-0.4, -0.2) is 38.7 Å². The van der Waals surface area contributed by atoms with Crippen LogP contribution in [0.3, 0.4) is 0 Å². The fourth-order valence-corrected chi connectivity index (χ4v) is 4.00. The lowest BCUT2D eigenvalue weighted by Crippen LogP contribution is -2.35. The molecule has 1 N–H and O–H groups in total. The maximum Gasteiger partial charge on any atom is 0.285 e. The van der Waals surface area contributed by atoms with Crippen LogP contribution in [0.2, 0.25) is 5.02 Å². The van der Waals surface area contributed by atoms with Crippen LogP contribution in [0.4, 0.5) is 5.69 Å². The third-order valence-electron chi connectivity index (χ3n) is 3.83. The van der Waals surface area contributed by atoms with Gasteiger partial charge in [0, 0.05) is 23.3 Å². The number of amides is 1. The Morgan fingerprint density at radius 2 is 1.96 bits per heavy atom. The van der Waals surface area contributed by atoms with Crippen molar-refractivity contribution in [3.8, 4) is 0 Å². The Balaban J connectivity index is 1.78. The Kier molecular flexibility index (Phi) is 4.53. The number of hydrogen-bond acceptors (Lipinski definition) is 4. The number of carbonyl (C=O) groups is 1. The number of aryl methyl sites for hydroxylation is 1. The van der Waals surface area contributed by atoms with E-state index in [4.69, 9.17) is 11.6 Å². The highest BCUT2D eigenvalue weighted by Crippen LogP contribution is 2.27. The van der Waals surface area contributed by atoms with E-state index in [2.05, 4.69) is 9.71 Å². The van der Waals surface area contributed by atoms with Gasteiger partial charge in [0.1, 0.15) is 4.90 Å². The maximum atomic E-state index is 12.3. The lowest BCUT2D eigenvalue weighted by molar-refractivity contribution is -0.116. The van der Waals surface area contributed by atoms with Crippen LogP contribution in [0.1, 0.15) is 11.1 Å². The van der Waals surface area contributed by atoms with Crippen LogP contribution in [0.15, 0.2) is 51.8 Å². The predicted octanol–water partition coefficient (Wildman–Crippen LogP) is 2.67. The van der Waals surface area contributed by atoms with Crippen molar-refractivity contribution in [3.05, 3.63) is 58.6 Å². The number of nitrogens with one attached hydrogen (secondary N) is 1. The van der Waals surface area contributed by atoms with Crippen molar-refractivity contribution in [1.29, 1.82) is 0 Å². The van der Waals surface area contributed by atoms with E-state index in [0.717, 1.165) is 5.56 Å². The molecule has 0 bridgehead atoms. The zero-order chi connectivity index (χ0) is 18.2. The molecule has 0 unspecified atom stereocenters. The summed E-state index contributed by atoms with van der Waals surface area (Å²) in [7, 11) is -2.08. The van der Waals surface area contributed by atoms with Crippen molar-refractivity contribution < 1.29 is 13.2 Å². The summed E-state index contributed by atoms with van der Waals surface area (Å²) in [6.07, 6.45) is 0. The van der Waals surface area contributed by atoms with Crippen LogP contribution in [0.5, 0.6) is 0 Å². The first-order valence-corrected chi connectivity index (χ1v) is 9.31. The Hall–Kier alpha value is -2.38. The van der Waals surface area contributed by atoms with E-state index in [9.17, 15) is 13.2 Å². The van der Waals surface area contributed by atoms with Crippen LogP contribution >= 0.6 is 11.6 Å². The van der Waals surface area contributed by atoms with Crippen LogP contribution in [-0.2, 0) is 14.8 Å². The highest BCUT2D eigenvalue weighted by molar-refractivity contribution is 7.90. The molecule has 0 fully saturated rings. The smallest absolute Gasteiger partial charge is 0.285 e. The molecule has 2 aromatic carbocycles. The quantitative estimate of drug-likeness (QED) is 0.891. The summed E-state index contributed by atoms with van der Waals surface area (Å²) >= 11 is 5.95. The minimum absolute atomic E-state index is 0.0470. The summed E-state index contributed by atoms with van der Waals surface area (Å²) < 4.78 is 28.0. The highest BCUT2D eigenvalue weighted by Gasteiger charge is 2.30. The van der Waals surface area contributed by atoms with Gasteiger partial charge in [0.05, 0.1) is 6.54 Å². The topological polar surface area (TPSA) is 78.8 Å². The average Bonchev–Trinajstić information content (AvgIpc) is 2.83. The first-order valence-electron chi connectivity index (χ1n) is 7.49. The largest absolute Gasteiger partial charge is 0.349 e. The molecular weight excluding hydrogens is 362 g/mol. The van der Waals surface area contributed by atoms with Crippen molar-refractivity contribution >= 4 is 39.1 Å². The van der Waals surface area contributed by atoms with Crippen LogP contribution < -0.4 is 5.32 Å². The Morgan fingerprint density at radius 1 is 1.24 bits per heavy atom. The van der Waals surface area contributed by atoms with Crippen molar-refractivity contribution in [2.45, 2.75) is 11.8 Å². The van der Waals surface area contributed by atoms with Crippen molar-refractivity contribution in [1.82, 2.24) is 4.90 Å². The van der Waals surface area contributed by atoms with E-state index in [1.807, 2.05) is 13.0 Å². The zero-order valence-electron chi connectivity index (χ0n) is 13.7. The van der Waals surface area contributed by atoms with Crippen molar-refractivity contribution in [2.24, 2.45) is 4.40 Å². The Bertz CT molecular complexity index is 986. The minimum atomic E-state index is -3.71. The highest BCUT2D eigenvalue weighted by atomic mass is 35.5. The predicted molar refractivity (Wildman–Crippen MR) is 97.6 cm³/mol. The molecule has 0 aromatic heterocycles.